The summed E-state index contributed by atoms with van der Waals surface area (Å²) in [5.74, 6) is 0.572. The van der Waals surface area contributed by atoms with E-state index >= 15 is 0 Å². The Morgan fingerprint density at radius 3 is 2.38 bits per heavy atom. The van der Waals surface area contributed by atoms with Crippen LogP contribution in [0.25, 0.3) is 33.0 Å². The highest BCUT2D eigenvalue weighted by Crippen LogP contribution is 2.32. The van der Waals surface area contributed by atoms with Gasteiger partial charge in [0, 0.05) is 24.4 Å². The lowest BCUT2D eigenvalue weighted by Gasteiger charge is -2.11. The minimum atomic E-state index is 0.142. The molecule has 0 amide bonds. The van der Waals surface area contributed by atoms with Gasteiger partial charge in [-0.2, -0.15) is 5.10 Å². The van der Waals surface area contributed by atoms with Crippen LogP contribution in [0, 0.1) is 0 Å². The lowest BCUT2D eigenvalue weighted by atomic mass is 9.93. The molecule has 4 nitrogen and oxygen atoms in total. The molecule has 4 aromatic rings. The Kier molecular flexibility index (Phi) is 5.57. The molecule has 0 spiro atoms. The van der Waals surface area contributed by atoms with Crippen molar-refractivity contribution in [2.45, 2.75) is 6.42 Å². The Labute approximate surface area is 191 Å². The van der Waals surface area contributed by atoms with E-state index in [0.29, 0.717) is 12.2 Å². The zero-order valence-corrected chi connectivity index (χ0v) is 18.2. The van der Waals surface area contributed by atoms with E-state index in [9.17, 15) is 5.11 Å². The first-order chi connectivity index (χ1) is 15.7. The second-order valence-electron chi connectivity index (χ2n) is 7.67. The van der Waals surface area contributed by atoms with Gasteiger partial charge in [0.15, 0.2) is 0 Å². The average Bonchev–Trinajstić information content (AvgIpc) is 3.32. The van der Waals surface area contributed by atoms with Gasteiger partial charge in [-0.1, -0.05) is 49.0 Å². The highest BCUT2D eigenvalue weighted by atomic mass is 32.2. The molecule has 0 saturated heterocycles. The average molecular weight is 436 g/mol. The third-order valence-corrected chi connectivity index (χ3v) is 6.39. The van der Waals surface area contributed by atoms with Crippen molar-refractivity contribution in [1.29, 1.82) is 0 Å². The fraction of sp³-hybridized carbons (Fsp3) is 0.0741. The van der Waals surface area contributed by atoms with Gasteiger partial charge in [-0.25, -0.2) is 0 Å². The minimum absolute atomic E-state index is 0.142. The van der Waals surface area contributed by atoms with Gasteiger partial charge in [-0.15, -0.1) is 16.9 Å². The molecule has 0 atom stereocenters. The van der Waals surface area contributed by atoms with E-state index < -0.39 is 0 Å². The van der Waals surface area contributed by atoms with Gasteiger partial charge >= 0.3 is 0 Å². The Balaban J connectivity index is 1.54. The molecular weight excluding hydrogens is 414 g/mol. The number of aliphatic hydroxyl groups is 1. The first-order valence-corrected chi connectivity index (χ1v) is 11.3. The number of benzene rings is 3. The number of rotatable bonds is 5. The molecule has 1 aromatic heterocycles. The zero-order chi connectivity index (χ0) is 21.9. The van der Waals surface area contributed by atoms with Gasteiger partial charge < -0.3 is 5.11 Å². The fourth-order valence-corrected chi connectivity index (χ4v) is 4.44. The summed E-state index contributed by atoms with van der Waals surface area (Å²) in [4.78, 5) is 4.30. The lowest BCUT2D eigenvalue weighted by Crippen LogP contribution is -2.03. The van der Waals surface area contributed by atoms with Gasteiger partial charge in [-0.05, 0) is 63.4 Å². The Morgan fingerprint density at radius 1 is 0.812 bits per heavy atom. The van der Waals surface area contributed by atoms with E-state index in [1.807, 2.05) is 12.3 Å². The molecule has 3 aromatic carbocycles. The van der Waals surface area contributed by atoms with Gasteiger partial charge in [0.2, 0.25) is 0 Å². The van der Waals surface area contributed by atoms with Crippen molar-refractivity contribution in [2.24, 2.45) is 10.2 Å². The number of hydrogen-bond donors (Lipinski definition) is 1. The van der Waals surface area contributed by atoms with Crippen LogP contribution in [-0.4, -0.2) is 26.6 Å². The Morgan fingerprint density at radius 2 is 1.59 bits per heavy atom. The molecule has 0 bridgehead atoms. The summed E-state index contributed by atoms with van der Waals surface area (Å²) in [5, 5.41) is 21.5. The second kappa shape index (κ2) is 8.81. The highest BCUT2D eigenvalue weighted by Gasteiger charge is 2.17. The van der Waals surface area contributed by atoms with Gasteiger partial charge in [0.1, 0.15) is 5.04 Å². The quantitative estimate of drug-likeness (QED) is 0.348. The molecule has 5 rings (SSSR count). The number of fused-ring (bicyclic) bond motifs is 1. The van der Waals surface area contributed by atoms with Crippen molar-refractivity contribution in [1.82, 2.24) is 4.98 Å². The predicted octanol–water partition coefficient (Wildman–Crippen LogP) is 6.88. The van der Waals surface area contributed by atoms with Gasteiger partial charge in [0.05, 0.1) is 17.2 Å². The first-order valence-electron chi connectivity index (χ1n) is 10.3. The number of nitrogens with zero attached hydrogens (tertiary/aromatic N) is 3. The van der Waals surface area contributed by atoms with Crippen LogP contribution < -0.4 is 0 Å². The minimum Gasteiger partial charge on any atom is -0.512 e. The van der Waals surface area contributed by atoms with E-state index in [2.05, 4.69) is 88.5 Å². The molecule has 0 unspecified atom stereocenters. The van der Waals surface area contributed by atoms with E-state index in [1.54, 1.807) is 6.20 Å². The topological polar surface area (TPSA) is 57.8 Å². The van der Waals surface area contributed by atoms with Crippen LogP contribution >= 0.6 is 11.8 Å². The molecular formula is C27H21N3OS. The lowest BCUT2D eigenvalue weighted by molar-refractivity contribution is 0.420. The summed E-state index contributed by atoms with van der Waals surface area (Å²) in [5.41, 5.74) is 6.38. The maximum Gasteiger partial charge on any atom is 0.102 e. The SMILES string of the molecule is C=C(O)CSC1=NN=C(c2cc(-c3cccnc3)cc(-c3ccc4ccccc4c3)c2)C1. The second-order valence-corrected chi connectivity index (χ2v) is 8.72. The maximum atomic E-state index is 9.38. The molecule has 0 fully saturated rings. The molecule has 156 valence electrons. The predicted molar refractivity (Wildman–Crippen MR) is 135 cm³/mol. The van der Waals surface area contributed by atoms with Crippen molar-refractivity contribution in [3.8, 4) is 22.3 Å². The van der Waals surface area contributed by atoms with E-state index in [0.717, 1.165) is 38.6 Å². The summed E-state index contributed by atoms with van der Waals surface area (Å²) >= 11 is 1.47. The van der Waals surface area contributed by atoms with Crippen LogP contribution in [0.2, 0.25) is 0 Å². The van der Waals surface area contributed by atoms with Gasteiger partial charge in [0.25, 0.3) is 0 Å². The summed E-state index contributed by atoms with van der Waals surface area (Å²) in [6.45, 7) is 3.54. The number of hydrogen-bond acceptors (Lipinski definition) is 5. The van der Waals surface area contributed by atoms with Crippen molar-refractivity contribution in [3.63, 3.8) is 0 Å². The van der Waals surface area contributed by atoms with Crippen molar-refractivity contribution in [2.75, 3.05) is 5.75 Å². The van der Waals surface area contributed by atoms with Gasteiger partial charge in [-0.3, -0.25) is 4.98 Å². The van der Waals surface area contributed by atoms with Crippen molar-refractivity contribution < 1.29 is 5.11 Å². The number of aromatic nitrogens is 1. The van der Waals surface area contributed by atoms with E-state index in [1.165, 1.54) is 22.5 Å². The Hall–Kier alpha value is -3.70. The summed E-state index contributed by atoms with van der Waals surface area (Å²) in [6.07, 6.45) is 4.31. The number of thioether (sulfide) groups is 1. The number of aliphatic hydroxyl groups excluding tert-OH is 1. The normalized spacial score (nSPS) is 13.1. The Bertz CT molecular complexity index is 1380. The van der Waals surface area contributed by atoms with Crippen molar-refractivity contribution in [3.05, 3.63) is 103 Å². The van der Waals surface area contributed by atoms with E-state index in [-0.39, 0.29) is 5.76 Å². The van der Waals surface area contributed by atoms with Crippen LogP contribution in [0.4, 0.5) is 0 Å². The standard InChI is InChI=1S/C27H21N3OS/c1-18(31)17-32-27-15-26(29-30-27)25-13-23(12-24(14-25)22-7-4-10-28-16-22)21-9-8-19-5-2-3-6-20(19)11-21/h2-14,16,31H,1,15,17H2. The van der Waals surface area contributed by atoms with Crippen molar-refractivity contribution >= 4 is 33.3 Å². The van der Waals surface area contributed by atoms with E-state index in [4.69, 9.17) is 0 Å². The van der Waals surface area contributed by atoms with Crippen LogP contribution in [0.15, 0.2) is 108 Å². The van der Waals surface area contributed by atoms with Crippen LogP contribution in [0.5, 0.6) is 0 Å². The molecule has 1 aliphatic heterocycles. The maximum absolute atomic E-state index is 9.38. The fourth-order valence-electron chi connectivity index (χ4n) is 3.77. The summed E-state index contributed by atoms with van der Waals surface area (Å²) in [7, 11) is 0. The highest BCUT2D eigenvalue weighted by molar-refractivity contribution is 8.14. The summed E-state index contributed by atoms with van der Waals surface area (Å²) in [6, 6.07) is 25.5. The largest absolute Gasteiger partial charge is 0.512 e. The third-order valence-electron chi connectivity index (χ3n) is 5.35. The summed E-state index contributed by atoms with van der Waals surface area (Å²) < 4.78 is 0. The first kappa shape index (κ1) is 20.2. The molecule has 0 aliphatic carbocycles. The molecule has 1 N–H and O–H groups in total. The molecule has 5 heteroatoms. The molecule has 1 aliphatic rings. The molecule has 0 saturated carbocycles. The molecule has 2 heterocycles. The smallest absolute Gasteiger partial charge is 0.102 e. The van der Waals surface area contributed by atoms with Crippen LogP contribution in [0.1, 0.15) is 12.0 Å². The van der Waals surface area contributed by atoms with Crippen LogP contribution in [-0.2, 0) is 0 Å². The number of pyridine rings is 1. The monoisotopic (exact) mass is 435 g/mol. The molecule has 32 heavy (non-hydrogen) atoms. The molecule has 0 radical (unpaired) electrons. The van der Waals surface area contributed by atoms with Crippen LogP contribution in [0.3, 0.4) is 0 Å². The zero-order valence-electron chi connectivity index (χ0n) is 17.4. The third kappa shape index (κ3) is 4.34.